The van der Waals surface area contributed by atoms with Gasteiger partial charge >= 0.3 is 5.69 Å². The van der Waals surface area contributed by atoms with Crippen LogP contribution >= 0.6 is 23.4 Å². The van der Waals surface area contributed by atoms with Crippen molar-refractivity contribution in [1.82, 2.24) is 4.98 Å². The summed E-state index contributed by atoms with van der Waals surface area (Å²) in [4.78, 5) is 14.1. The molecule has 5 nitrogen and oxygen atoms in total. The lowest BCUT2D eigenvalue weighted by Gasteiger charge is -2.05. The highest BCUT2D eigenvalue weighted by molar-refractivity contribution is 7.98. The Bertz CT molecular complexity index is 376. The van der Waals surface area contributed by atoms with Crippen LogP contribution in [0.2, 0.25) is 5.02 Å². The summed E-state index contributed by atoms with van der Waals surface area (Å²) < 4.78 is 0. The number of thioether (sulfide) groups is 1. The molecule has 0 bridgehead atoms. The fourth-order valence-corrected chi connectivity index (χ4v) is 1.71. The second-order valence-electron chi connectivity index (χ2n) is 3.05. The van der Waals surface area contributed by atoms with Gasteiger partial charge in [0.05, 0.1) is 9.95 Å². The molecule has 0 amide bonds. The average molecular weight is 262 g/mol. The third-order valence-electron chi connectivity index (χ3n) is 1.85. The van der Waals surface area contributed by atoms with Crippen LogP contribution in [0.25, 0.3) is 0 Å². The van der Waals surface area contributed by atoms with E-state index in [1.54, 1.807) is 11.8 Å². The van der Waals surface area contributed by atoms with Crippen LogP contribution in [0.1, 0.15) is 6.42 Å². The van der Waals surface area contributed by atoms with E-state index in [0.29, 0.717) is 6.54 Å². The number of aromatic nitrogens is 1. The Kier molecular flexibility index (Phi) is 5.34. The molecular formula is C9H12ClN3O2S. The fourth-order valence-electron chi connectivity index (χ4n) is 1.13. The first-order chi connectivity index (χ1) is 7.65. The number of hydrogen-bond acceptors (Lipinski definition) is 5. The second kappa shape index (κ2) is 6.55. The normalized spacial score (nSPS) is 10.1. The van der Waals surface area contributed by atoms with Gasteiger partial charge in [0.25, 0.3) is 0 Å². The highest BCUT2D eigenvalue weighted by Gasteiger charge is 2.15. The second-order valence-corrected chi connectivity index (χ2v) is 4.47. The molecule has 0 aromatic carbocycles. The number of nitrogens with zero attached hydrogens (tertiary/aromatic N) is 2. The van der Waals surface area contributed by atoms with Gasteiger partial charge in [-0.1, -0.05) is 11.6 Å². The first-order valence-electron chi connectivity index (χ1n) is 4.68. The van der Waals surface area contributed by atoms with E-state index in [1.165, 1.54) is 12.3 Å². The van der Waals surface area contributed by atoms with Crippen LogP contribution in [0.15, 0.2) is 12.3 Å². The third kappa shape index (κ3) is 3.86. The average Bonchev–Trinajstić information content (AvgIpc) is 2.26. The summed E-state index contributed by atoms with van der Waals surface area (Å²) in [6.07, 6.45) is 4.34. The van der Waals surface area contributed by atoms with Crippen molar-refractivity contribution in [3.8, 4) is 0 Å². The van der Waals surface area contributed by atoms with Crippen molar-refractivity contribution in [3.63, 3.8) is 0 Å². The molecule has 0 aliphatic rings. The van der Waals surface area contributed by atoms with Gasteiger partial charge in [0.15, 0.2) is 0 Å². The molecule has 1 heterocycles. The van der Waals surface area contributed by atoms with Crippen LogP contribution in [0, 0.1) is 10.1 Å². The Morgan fingerprint density at radius 1 is 1.69 bits per heavy atom. The van der Waals surface area contributed by atoms with Crippen LogP contribution < -0.4 is 5.32 Å². The Labute approximate surface area is 103 Å². The highest BCUT2D eigenvalue weighted by Crippen LogP contribution is 2.24. The van der Waals surface area contributed by atoms with E-state index < -0.39 is 4.92 Å². The monoisotopic (exact) mass is 261 g/mol. The fraction of sp³-hybridized carbons (Fsp3) is 0.444. The van der Waals surface area contributed by atoms with Gasteiger partial charge in [-0.15, -0.1) is 0 Å². The molecule has 88 valence electrons. The van der Waals surface area contributed by atoms with Crippen molar-refractivity contribution in [2.75, 3.05) is 23.9 Å². The molecule has 7 heteroatoms. The van der Waals surface area contributed by atoms with E-state index in [1.807, 2.05) is 6.26 Å². The summed E-state index contributed by atoms with van der Waals surface area (Å²) in [7, 11) is 0. The number of hydrogen-bond donors (Lipinski definition) is 1. The topological polar surface area (TPSA) is 68.1 Å². The molecule has 1 aromatic rings. The third-order valence-corrected chi connectivity index (χ3v) is 2.75. The zero-order valence-corrected chi connectivity index (χ0v) is 10.3. The van der Waals surface area contributed by atoms with Crippen molar-refractivity contribution in [2.24, 2.45) is 0 Å². The molecule has 16 heavy (non-hydrogen) atoms. The van der Waals surface area contributed by atoms with Gasteiger partial charge in [0.2, 0.25) is 5.82 Å². The Morgan fingerprint density at radius 3 is 3.06 bits per heavy atom. The zero-order chi connectivity index (χ0) is 12.0. The SMILES string of the molecule is CSCCCNc1ncc(Cl)cc1[N+](=O)[O-]. The van der Waals surface area contributed by atoms with E-state index in [4.69, 9.17) is 11.6 Å². The first kappa shape index (κ1) is 13.1. The van der Waals surface area contributed by atoms with Crippen LogP contribution in [-0.4, -0.2) is 28.5 Å². The molecule has 0 spiro atoms. The standard InChI is InChI=1S/C9H12ClN3O2S/c1-16-4-2-3-11-9-8(13(14)15)5-7(10)6-12-9/h5-6H,2-4H2,1H3,(H,11,12). The van der Waals surface area contributed by atoms with Gasteiger partial charge in [0.1, 0.15) is 0 Å². The van der Waals surface area contributed by atoms with Gasteiger partial charge in [0, 0.05) is 18.8 Å². The summed E-state index contributed by atoms with van der Waals surface area (Å²) in [5.41, 5.74) is -0.0864. The van der Waals surface area contributed by atoms with Gasteiger partial charge in [-0.3, -0.25) is 10.1 Å². The van der Waals surface area contributed by atoms with Crippen molar-refractivity contribution >= 4 is 34.9 Å². The summed E-state index contributed by atoms with van der Waals surface area (Å²) in [5, 5.41) is 13.9. The summed E-state index contributed by atoms with van der Waals surface area (Å²) >= 11 is 7.38. The zero-order valence-electron chi connectivity index (χ0n) is 8.77. The molecule has 0 aliphatic heterocycles. The lowest BCUT2D eigenvalue weighted by Crippen LogP contribution is -2.06. The van der Waals surface area contributed by atoms with Crippen molar-refractivity contribution in [2.45, 2.75) is 6.42 Å². The molecule has 0 atom stereocenters. The molecule has 0 radical (unpaired) electrons. The van der Waals surface area contributed by atoms with E-state index in [9.17, 15) is 10.1 Å². The van der Waals surface area contributed by atoms with Gasteiger partial charge < -0.3 is 5.32 Å². The summed E-state index contributed by atoms with van der Waals surface area (Å²) in [5.74, 6) is 1.28. The van der Waals surface area contributed by atoms with Crippen LogP contribution in [0.3, 0.4) is 0 Å². The smallest absolute Gasteiger partial charge is 0.312 e. The number of pyridine rings is 1. The minimum atomic E-state index is -0.490. The Balaban J connectivity index is 2.67. The van der Waals surface area contributed by atoms with Crippen LogP contribution in [0.5, 0.6) is 0 Å². The minimum absolute atomic E-state index is 0.0864. The summed E-state index contributed by atoms with van der Waals surface area (Å²) in [6, 6.07) is 1.30. The molecule has 0 fully saturated rings. The van der Waals surface area contributed by atoms with E-state index in [0.717, 1.165) is 12.2 Å². The Hall–Kier alpha value is -1.01. The predicted octanol–water partition coefficient (Wildman–Crippen LogP) is 2.81. The highest BCUT2D eigenvalue weighted by atomic mass is 35.5. The molecule has 1 N–H and O–H groups in total. The molecule has 0 saturated carbocycles. The predicted molar refractivity (Wildman–Crippen MR) is 67.4 cm³/mol. The molecule has 1 aromatic heterocycles. The van der Waals surface area contributed by atoms with Gasteiger partial charge in [-0.2, -0.15) is 11.8 Å². The molecular weight excluding hydrogens is 250 g/mol. The van der Waals surface area contributed by atoms with Crippen molar-refractivity contribution in [3.05, 3.63) is 27.4 Å². The molecule has 1 rings (SSSR count). The largest absolute Gasteiger partial charge is 0.364 e. The van der Waals surface area contributed by atoms with Gasteiger partial charge in [-0.05, 0) is 18.4 Å². The number of rotatable bonds is 6. The minimum Gasteiger partial charge on any atom is -0.364 e. The maximum atomic E-state index is 10.7. The summed E-state index contributed by atoms with van der Waals surface area (Å²) in [6.45, 7) is 0.663. The Morgan fingerprint density at radius 2 is 2.44 bits per heavy atom. The lowest BCUT2D eigenvalue weighted by atomic mass is 10.4. The van der Waals surface area contributed by atoms with Crippen LogP contribution in [-0.2, 0) is 0 Å². The van der Waals surface area contributed by atoms with Crippen molar-refractivity contribution in [1.29, 1.82) is 0 Å². The van der Waals surface area contributed by atoms with E-state index in [2.05, 4.69) is 10.3 Å². The van der Waals surface area contributed by atoms with E-state index in [-0.39, 0.29) is 16.5 Å². The number of anilines is 1. The van der Waals surface area contributed by atoms with Crippen LogP contribution in [0.4, 0.5) is 11.5 Å². The number of nitro groups is 1. The number of halogens is 1. The van der Waals surface area contributed by atoms with Gasteiger partial charge in [-0.25, -0.2) is 4.98 Å². The molecule has 0 aliphatic carbocycles. The maximum Gasteiger partial charge on any atom is 0.312 e. The molecule has 0 unspecified atom stereocenters. The molecule has 0 saturated heterocycles. The van der Waals surface area contributed by atoms with E-state index >= 15 is 0 Å². The first-order valence-corrected chi connectivity index (χ1v) is 6.45. The quantitative estimate of drug-likeness (QED) is 0.484. The maximum absolute atomic E-state index is 10.7. The number of nitrogens with one attached hydrogen (secondary N) is 1. The van der Waals surface area contributed by atoms with Crippen molar-refractivity contribution < 1.29 is 4.92 Å². The lowest BCUT2D eigenvalue weighted by molar-refractivity contribution is -0.384.